The standard InChI is InChI=1S/C24H29NO3/c1-15(2)21-11-7-8-16(3)22(21)25-23(26)17(4)28-24(27)20-13-12-18-9-5-6-10-19(18)14-20/h7-8,11-15,17H,5-6,9-10H2,1-4H3,(H,25,26)/t17-/m1/s1. The predicted molar refractivity (Wildman–Crippen MR) is 112 cm³/mol. The summed E-state index contributed by atoms with van der Waals surface area (Å²) in [5, 5.41) is 2.95. The number of nitrogens with one attached hydrogen (secondary N) is 1. The normalized spacial score (nSPS) is 14.3. The molecule has 1 aliphatic rings. The van der Waals surface area contributed by atoms with E-state index in [-0.39, 0.29) is 11.8 Å². The van der Waals surface area contributed by atoms with Gasteiger partial charge in [-0.1, -0.05) is 38.1 Å². The molecule has 0 bridgehead atoms. The molecular weight excluding hydrogens is 350 g/mol. The van der Waals surface area contributed by atoms with Crippen LogP contribution in [0.3, 0.4) is 0 Å². The Kier molecular flexibility index (Phi) is 6.18. The third-order valence-corrected chi connectivity index (χ3v) is 5.41. The van der Waals surface area contributed by atoms with Crippen molar-refractivity contribution < 1.29 is 14.3 Å². The number of hydrogen-bond donors (Lipinski definition) is 1. The lowest BCUT2D eigenvalue weighted by atomic mass is 9.90. The van der Waals surface area contributed by atoms with Crippen LogP contribution in [0, 0.1) is 6.92 Å². The SMILES string of the molecule is Cc1cccc(C(C)C)c1NC(=O)[C@@H](C)OC(=O)c1ccc2c(c1)CCCC2. The van der Waals surface area contributed by atoms with Gasteiger partial charge < -0.3 is 10.1 Å². The number of esters is 1. The molecule has 4 nitrogen and oxygen atoms in total. The molecule has 0 radical (unpaired) electrons. The summed E-state index contributed by atoms with van der Waals surface area (Å²) >= 11 is 0. The van der Waals surface area contributed by atoms with Gasteiger partial charge in [0.2, 0.25) is 0 Å². The first-order valence-electron chi connectivity index (χ1n) is 10.1. The topological polar surface area (TPSA) is 55.4 Å². The van der Waals surface area contributed by atoms with E-state index in [1.165, 1.54) is 17.5 Å². The zero-order valence-corrected chi connectivity index (χ0v) is 17.2. The van der Waals surface area contributed by atoms with Crippen molar-refractivity contribution in [3.05, 3.63) is 64.2 Å². The van der Waals surface area contributed by atoms with Crippen molar-refractivity contribution in [2.45, 2.75) is 65.4 Å². The zero-order chi connectivity index (χ0) is 20.3. The molecule has 0 aliphatic heterocycles. The molecule has 4 heteroatoms. The van der Waals surface area contributed by atoms with Crippen LogP contribution in [-0.4, -0.2) is 18.0 Å². The van der Waals surface area contributed by atoms with Gasteiger partial charge in [0.1, 0.15) is 0 Å². The molecule has 1 amide bonds. The number of benzene rings is 2. The van der Waals surface area contributed by atoms with Crippen molar-refractivity contribution in [2.75, 3.05) is 5.32 Å². The molecule has 1 atom stereocenters. The van der Waals surface area contributed by atoms with Crippen LogP contribution in [0.5, 0.6) is 0 Å². The number of fused-ring (bicyclic) bond motifs is 1. The predicted octanol–water partition coefficient (Wildman–Crippen LogP) is 5.18. The van der Waals surface area contributed by atoms with Gasteiger partial charge in [0.25, 0.3) is 5.91 Å². The quantitative estimate of drug-likeness (QED) is 0.728. The Morgan fingerprint density at radius 3 is 2.43 bits per heavy atom. The number of rotatable bonds is 5. The van der Waals surface area contributed by atoms with Crippen LogP contribution < -0.4 is 5.32 Å². The summed E-state index contributed by atoms with van der Waals surface area (Å²) in [6, 6.07) is 11.7. The summed E-state index contributed by atoms with van der Waals surface area (Å²) in [5.74, 6) is -0.490. The number of aryl methyl sites for hydroxylation is 3. The fraction of sp³-hybridized carbons (Fsp3) is 0.417. The van der Waals surface area contributed by atoms with Crippen LogP contribution in [0.25, 0.3) is 0 Å². The van der Waals surface area contributed by atoms with E-state index < -0.39 is 12.1 Å². The lowest BCUT2D eigenvalue weighted by Crippen LogP contribution is -2.30. The molecule has 0 heterocycles. The molecule has 148 valence electrons. The molecule has 0 aromatic heterocycles. The van der Waals surface area contributed by atoms with Crippen LogP contribution in [0.2, 0.25) is 0 Å². The van der Waals surface area contributed by atoms with Crippen molar-refractivity contribution in [3.63, 3.8) is 0 Å². The first-order valence-corrected chi connectivity index (χ1v) is 10.1. The molecule has 1 N–H and O–H groups in total. The number of hydrogen-bond acceptors (Lipinski definition) is 3. The van der Waals surface area contributed by atoms with Crippen molar-refractivity contribution in [1.82, 2.24) is 0 Å². The van der Waals surface area contributed by atoms with Crippen LogP contribution in [0.4, 0.5) is 5.69 Å². The highest BCUT2D eigenvalue weighted by atomic mass is 16.5. The van der Waals surface area contributed by atoms with Gasteiger partial charge >= 0.3 is 5.97 Å². The van der Waals surface area contributed by atoms with Crippen molar-refractivity contribution in [1.29, 1.82) is 0 Å². The highest BCUT2D eigenvalue weighted by molar-refractivity contribution is 5.98. The maximum atomic E-state index is 12.7. The number of ether oxygens (including phenoxy) is 1. The molecule has 3 rings (SSSR count). The van der Waals surface area contributed by atoms with Gasteiger partial charge in [0.05, 0.1) is 5.56 Å². The minimum absolute atomic E-state index is 0.281. The molecule has 2 aromatic rings. The summed E-state index contributed by atoms with van der Waals surface area (Å²) in [5.41, 5.74) is 5.92. The van der Waals surface area contributed by atoms with E-state index in [1.54, 1.807) is 13.0 Å². The summed E-state index contributed by atoms with van der Waals surface area (Å²) in [4.78, 5) is 25.2. The Balaban J connectivity index is 1.69. The number of para-hydroxylation sites is 1. The van der Waals surface area contributed by atoms with E-state index in [4.69, 9.17) is 4.74 Å². The highest BCUT2D eigenvalue weighted by Crippen LogP contribution is 2.28. The average Bonchev–Trinajstić information content (AvgIpc) is 2.68. The maximum absolute atomic E-state index is 12.7. The average molecular weight is 380 g/mol. The minimum atomic E-state index is -0.872. The molecule has 0 spiro atoms. The number of carbonyl (C=O) groups is 2. The van der Waals surface area contributed by atoms with E-state index in [0.29, 0.717) is 5.56 Å². The Bertz CT molecular complexity index is 885. The van der Waals surface area contributed by atoms with Gasteiger partial charge in [-0.05, 0) is 79.8 Å². The third kappa shape index (κ3) is 4.44. The fourth-order valence-corrected chi connectivity index (χ4v) is 3.71. The Morgan fingerprint density at radius 2 is 1.71 bits per heavy atom. The van der Waals surface area contributed by atoms with Gasteiger partial charge in [-0.3, -0.25) is 4.79 Å². The smallest absolute Gasteiger partial charge is 0.338 e. The maximum Gasteiger partial charge on any atom is 0.338 e. The number of carbonyl (C=O) groups excluding carboxylic acids is 2. The van der Waals surface area contributed by atoms with E-state index in [9.17, 15) is 9.59 Å². The zero-order valence-electron chi connectivity index (χ0n) is 17.2. The van der Waals surface area contributed by atoms with Crippen molar-refractivity contribution in [3.8, 4) is 0 Å². The monoisotopic (exact) mass is 379 g/mol. The van der Waals surface area contributed by atoms with Crippen LogP contribution in [0.1, 0.15) is 72.1 Å². The fourth-order valence-electron chi connectivity index (χ4n) is 3.71. The number of amides is 1. The summed E-state index contributed by atoms with van der Waals surface area (Å²) in [6.07, 6.45) is 3.54. The molecule has 28 heavy (non-hydrogen) atoms. The van der Waals surface area contributed by atoms with Crippen molar-refractivity contribution in [2.24, 2.45) is 0 Å². The summed E-state index contributed by atoms with van der Waals surface area (Å²) in [6.45, 7) is 7.75. The number of anilines is 1. The lowest BCUT2D eigenvalue weighted by Gasteiger charge is -2.19. The van der Waals surface area contributed by atoms with Gasteiger partial charge in [-0.25, -0.2) is 4.79 Å². The minimum Gasteiger partial charge on any atom is -0.449 e. The van der Waals surface area contributed by atoms with Gasteiger partial charge in [0.15, 0.2) is 6.10 Å². The van der Waals surface area contributed by atoms with Gasteiger partial charge in [-0.2, -0.15) is 0 Å². The van der Waals surface area contributed by atoms with E-state index in [1.807, 2.05) is 37.3 Å². The second-order valence-electron chi connectivity index (χ2n) is 7.92. The van der Waals surface area contributed by atoms with Crippen LogP contribution in [-0.2, 0) is 22.4 Å². The van der Waals surface area contributed by atoms with E-state index >= 15 is 0 Å². The molecular formula is C24H29NO3. The molecule has 0 saturated heterocycles. The Hall–Kier alpha value is -2.62. The second kappa shape index (κ2) is 8.59. The lowest BCUT2D eigenvalue weighted by molar-refractivity contribution is -0.123. The third-order valence-electron chi connectivity index (χ3n) is 5.41. The molecule has 0 unspecified atom stereocenters. The summed E-state index contributed by atoms with van der Waals surface area (Å²) in [7, 11) is 0. The molecule has 1 aliphatic carbocycles. The largest absolute Gasteiger partial charge is 0.449 e. The molecule has 2 aromatic carbocycles. The Labute approximate surface area is 167 Å². The van der Waals surface area contributed by atoms with Crippen molar-refractivity contribution >= 4 is 17.6 Å². The molecule has 0 fully saturated rings. The highest BCUT2D eigenvalue weighted by Gasteiger charge is 2.22. The van der Waals surface area contributed by atoms with Crippen LogP contribution >= 0.6 is 0 Å². The van der Waals surface area contributed by atoms with Crippen LogP contribution in [0.15, 0.2) is 36.4 Å². The summed E-state index contributed by atoms with van der Waals surface area (Å²) < 4.78 is 5.45. The van der Waals surface area contributed by atoms with Gasteiger partial charge in [-0.15, -0.1) is 0 Å². The Morgan fingerprint density at radius 1 is 1.00 bits per heavy atom. The second-order valence-corrected chi connectivity index (χ2v) is 7.92. The van der Waals surface area contributed by atoms with Gasteiger partial charge in [0, 0.05) is 5.69 Å². The van der Waals surface area contributed by atoms with E-state index in [2.05, 4.69) is 19.2 Å². The first-order chi connectivity index (χ1) is 13.4. The van der Waals surface area contributed by atoms with E-state index in [0.717, 1.165) is 36.1 Å². The first kappa shape index (κ1) is 20.1. The molecule has 0 saturated carbocycles.